The van der Waals surface area contributed by atoms with E-state index in [2.05, 4.69) is 9.47 Å². The van der Waals surface area contributed by atoms with Crippen LogP contribution >= 0.6 is 0 Å². The number of carbonyl (C=O) groups excluding carboxylic acids is 2. The highest BCUT2D eigenvalue weighted by Gasteiger charge is 2.47. The molecule has 0 heterocycles. The van der Waals surface area contributed by atoms with Crippen molar-refractivity contribution < 1.29 is 19.1 Å². The van der Waals surface area contributed by atoms with E-state index in [1.807, 2.05) is 24.3 Å². The lowest BCUT2D eigenvalue weighted by atomic mass is 9.82. The van der Waals surface area contributed by atoms with Crippen LogP contribution in [-0.2, 0) is 19.1 Å². The van der Waals surface area contributed by atoms with Crippen LogP contribution in [0.4, 0.5) is 0 Å². The summed E-state index contributed by atoms with van der Waals surface area (Å²) >= 11 is 0. The third kappa shape index (κ3) is 1.54. The summed E-state index contributed by atoms with van der Waals surface area (Å²) in [5, 5.41) is 0. The van der Waals surface area contributed by atoms with Gasteiger partial charge in [0, 0.05) is 5.92 Å². The van der Waals surface area contributed by atoms with Crippen molar-refractivity contribution in [2.24, 2.45) is 23.7 Å². The molecule has 0 atom stereocenters. The van der Waals surface area contributed by atoms with Gasteiger partial charge < -0.3 is 9.47 Å². The molecule has 2 rings (SSSR count). The lowest BCUT2D eigenvalue weighted by molar-refractivity contribution is -0.162. The van der Waals surface area contributed by atoms with Gasteiger partial charge in [0.1, 0.15) is 0 Å². The number of ether oxygens (including phenoxy) is 2. The minimum Gasteiger partial charge on any atom is -0.468 e. The predicted molar refractivity (Wildman–Crippen MR) is 56.3 cm³/mol. The van der Waals surface area contributed by atoms with Gasteiger partial charge in [-0.2, -0.15) is 0 Å². The molecule has 0 aromatic heterocycles. The predicted octanol–water partition coefficient (Wildman–Crippen LogP) is 0.937. The fraction of sp³-hybridized carbons (Fsp3) is 0.500. The molecule has 4 nitrogen and oxygen atoms in total. The zero-order chi connectivity index (χ0) is 11.7. The van der Waals surface area contributed by atoms with Gasteiger partial charge in [-0.05, 0) is 11.8 Å². The van der Waals surface area contributed by atoms with E-state index in [0.29, 0.717) is 0 Å². The molecule has 0 unspecified atom stereocenters. The van der Waals surface area contributed by atoms with Crippen molar-refractivity contribution in [2.45, 2.75) is 0 Å². The maximum absolute atomic E-state index is 11.6. The molecule has 0 aromatic carbocycles. The average molecular weight is 222 g/mol. The van der Waals surface area contributed by atoms with E-state index in [1.165, 1.54) is 14.2 Å². The van der Waals surface area contributed by atoms with Crippen LogP contribution in [-0.4, -0.2) is 26.2 Å². The van der Waals surface area contributed by atoms with Crippen molar-refractivity contribution >= 4 is 11.9 Å². The average Bonchev–Trinajstić information content (AvgIpc) is 2.89. The van der Waals surface area contributed by atoms with Gasteiger partial charge in [-0.3, -0.25) is 9.59 Å². The Labute approximate surface area is 93.9 Å². The van der Waals surface area contributed by atoms with E-state index in [-0.39, 0.29) is 17.8 Å². The van der Waals surface area contributed by atoms with Crippen LogP contribution < -0.4 is 0 Å². The number of hydrogen-bond acceptors (Lipinski definition) is 4. The van der Waals surface area contributed by atoms with Crippen LogP contribution in [0.25, 0.3) is 0 Å². The Morgan fingerprint density at radius 3 is 1.62 bits per heavy atom. The van der Waals surface area contributed by atoms with Gasteiger partial charge in [0.25, 0.3) is 0 Å². The Kier molecular flexibility index (Phi) is 2.81. The molecule has 0 saturated heterocycles. The number of rotatable bonds is 3. The van der Waals surface area contributed by atoms with Crippen molar-refractivity contribution in [1.29, 1.82) is 0 Å². The van der Waals surface area contributed by atoms with Crippen LogP contribution in [0, 0.1) is 23.7 Å². The maximum atomic E-state index is 11.6. The minimum absolute atomic E-state index is 0.0695. The number of hydrogen-bond donors (Lipinski definition) is 0. The quantitative estimate of drug-likeness (QED) is 0.405. The molecular formula is C12H14O4. The van der Waals surface area contributed by atoms with Crippen LogP contribution in [0.3, 0.4) is 0 Å². The summed E-state index contributed by atoms with van der Waals surface area (Å²) in [6, 6.07) is 0. The highest BCUT2D eigenvalue weighted by molar-refractivity contribution is 5.95. The molecule has 0 saturated carbocycles. The topological polar surface area (TPSA) is 52.6 Å². The molecule has 0 fully saturated rings. The zero-order valence-corrected chi connectivity index (χ0v) is 9.25. The second-order valence-corrected chi connectivity index (χ2v) is 4.03. The molecule has 0 N–H and O–H groups in total. The second-order valence-electron chi connectivity index (χ2n) is 4.03. The molecule has 0 amide bonds. The first-order valence-electron chi connectivity index (χ1n) is 5.21. The van der Waals surface area contributed by atoms with E-state index >= 15 is 0 Å². The van der Waals surface area contributed by atoms with Gasteiger partial charge in [-0.1, -0.05) is 24.3 Å². The highest BCUT2D eigenvalue weighted by Crippen LogP contribution is 2.44. The lowest BCUT2D eigenvalue weighted by Gasteiger charge is -2.23. The van der Waals surface area contributed by atoms with Crippen molar-refractivity contribution in [2.75, 3.05) is 14.2 Å². The van der Waals surface area contributed by atoms with E-state index in [9.17, 15) is 9.59 Å². The summed E-state index contributed by atoms with van der Waals surface area (Å²) in [6.07, 6.45) is 8.09. The number of allylic oxidation sites excluding steroid dienone is 4. The number of methoxy groups -OCH3 is 2. The van der Waals surface area contributed by atoms with Gasteiger partial charge in [0.05, 0.1) is 14.2 Å². The standard InChI is InChI=1S/C12H14O4/c1-15-11(13)10(12(14)16-2)9-7-3-4-8(9)6-5-7/h3-10H,1-2H3. The third-order valence-electron chi connectivity index (χ3n) is 3.30. The lowest BCUT2D eigenvalue weighted by Crippen LogP contribution is -2.36. The molecule has 86 valence electrons. The molecule has 0 aliphatic heterocycles. The summed E-state index contributed by atoms with van der Waals surface area (Å²) in [5.74, 6) is -1.63. The number of fused-ring (bicyclic) bond motifs is 2. The minimum atomic E-state index is -0.824. The summed E-state index contributed by atoms with van der Waals surface area (Å²) in [6.45, 7) is 0. The molecule has 2 bridgehead atoms. The van der Waals surface area contributed by atoms with Crippen molar-refractivity contribution in [1.82, 2.24) is 0 Å². The van der Waals surface area contributed by atoms with Crippen LogP contribution in [0.1, 0.15) is 0 Å². The van der Waals surface area contributed by atoms with Crippen LogP contribution in [0.15, 0.2) is 24.3 Å². The van der Waals surface area contributed by atoms with Gasteiger partial charge >= 0.3 is 11.9 Å². The van der Waals surface area contributed by atoms with E-state index in [1.54, 1.807) is 0 Å². The Hall–Kier alpha value is -1.58. The normalized spacial score (nSPS) is 29.8. The maximum Gasteiger partial charge on any atom is 0.320 e. The van der Waals surface area contributed by atoms with Crippen molar-refractivity contribution in [3.05, 3.63) is 24.3 Å². The fourth-order valence-electron chi connectivity index (χ4n) is 2.52. The van der Waals surface area contributed by atoms with E-state index in [0.717, 1.165) is 0 Å². The summed E-state index contributed by atoms with van der Waals surface area (Å²) < 4.78 is 9.35. The van der Waals surface area contributed by atoms with E-state index in [4.69, 9.17) is 0 Å². The summed E-state index contributed by atoms with van der Waals surface area (Å²) in [4.78, 5) is 23.3. The molecule has 0 spiro atoms. The number of carbonyl (C=O) groups is 2. The van der Waals surface area contributed by atoms with Gasteiger partial charge in [-0.15, -0.1) is 0 Å². The van der Waals surface area contributed by atoms with Crippen molar-refractivity contribution in [3.8, 4) is 0 Å². The smallest absolute Gasteiger partial charge is 0.320 e. The Morgan fingerprint density at radius 2 is 1.31 bits per heavy atom. The Bertz CT molecular complexity index is 323. The molecule has 0 radical (unpaired) electrons. The molecule has 2 aliphatic carbocycles. The second kappa shape index (κ2) is 4.12. The van der Waals surface area contributed by atoms with Gasteiger partial charge in [0.15, 0.2) is 5.92 Å². The SMILES string of the molecule is COC(=O)C(C(=O)OC)C1C2C=CC1C=C2. The van der Waals surface area contributed by atoms with Gasteiger partial charge in [-0.25, -0.2) is 0 Å². The largest absolute Gasteiger partial charge is 0.468 e. The van der Waals surface area contributed by atoms with Gasteiger partial charge in [0.2, 0.25) is 0 Å². The summed E-state index contributed by atoms with van der Waals surface area (Å²) in [5.41, 5.74) is 0. The monoisotopic (exact) mass is 222 g/mol. The van der Waals surface area contributed by atoms with Crippen LogP contribution in [0.5, 0.6) is 0 Å². The molecule has 16 heavy (non-hydrogen) atoms. The zero-order valence-electron chi connectivity index (χ0n) is 9.25. The Morgan fingerprint density at radius 1 is 0.938 bits per heavy atom. The van der Waals surface area contributed by atoms with Crippen molar-refractivity contribution in [3.63, 3.8) is 0 Å². The summed E-state index contributed by atoms with van der Waals surface area (Å²) in [7, 11) is 2.58. The fourth-order valence-corrected chi connectivity index (χ4v) is 2.52. The first kappa shape index (κ1) is 10.9. The van der Waals surface area contributed by atoms with Crippen LogP contribution in [0.2, 0.25) is 0 Å². The molecule has 0 aromatic rings. The molecule has 2 aliphatic rings. The molecule has 4 heteroatoms. The first-order valence-corrected chi connectivity index (χ1v) is 5.21. The molecular weight excluding hydrogens is 208 g/mol. The van der Waals surface area contributed by atoms with E-state index < -0.39 is 17.9 Å². The highest BCUT2D eigenvalue weighted by atomic mass is 16.5. The number of esters is 2. The first-order chi connectivity index (χ1) is 7.69. The third-order valence-corrected chi connectivity index (χ3v) is 3.30. The Balaban J connectivity index is 2.21.